The van der Waals surface area contributed by atoms with Gasteiger partial charge < -0.3 is 10.1 Å². The van der Waals surface area contributed by atoms with Gasteiger partial charge in [-0.1, -0.05) is 31.9 Å². The maximum absolute atomic E-state index is 10.9. The van der Waals surface area contributed by atoms with E-state index in [0.717, 1.165) is 30.7 Å². The molecule has 2 saturated carbocycles. The Balaban J connectivity index is 1.71. The van der Waals surface area contributed by atoms with Crippen LogP contribution in [0.15, 0.2) is 0 Å². The highest BCUT2D eigenvalue weighted by Crippen LogP contribution is 2.71. The lowest BCUT2D eigenvalue weighted by atomic mass is 10.00. The number of carbonyl (C=O) groups excluding carboxylic acids is 1. The molecule has 0 saturated heterocycles. The molecule has 0 aliphatic heterocycles. The second-order valence-corrected chi connectivity index (χ2v) is 8.04. The summed E-state index contributed by atoms with van der Waals surface area (Å²) in [6.07, 6.45) is 3.31. The Morgan fingerprint density at radius 3 is 2.80 bits per heavy atom. The Bertz CT molecular complexity index is 270. The maximum atomic E-state index is 10.9. The van der Waals surface area contributed by atoms with Gasteiger partial charge in [-0.15, -0.1) is 0 Å². The smallest absolute Gasteiger partial charge is 0.406 e. The third-order valence-corrected chi connectivity index (χ3v) is 5.82. The Hall–Kier alpha value is 0.230. The molecule has 0 bridgehead atoms. The Morgan fingerprint density at radius 1 is 1.53 bits per heavy atom. The molecule has 0 aromatic carbocycles. The van der Waals surface area contributed by atoms with Crippen LogP contribution in [-0.2, 0) is 4.74 Å². The van der Waals surface area contributed by atoms with Crippen molar-refractivity contribution >= 4 is 38.0 Å². The lowest BCUT2D eigenvalue weighted by Gasteiger charge is -2.15. The van der Waals surface area contributed by atoms with Crippen LogP contribution in [0.3, 0.4) is 0 Å². The molecule has 5 heteroatoms. The largest absolute Gasteiger partial charge is 0.453 e. The summed E-state index contributed by atoms with van der Waals surface area (Å²) in [6, 6.07) is 0. The number of alkyl halides is 2. The van der Waals surface area contributed by atoms with Crippen LogP contribution in [0, 0.1) is 17.8 Å². The number of ether oxygens (including phenoxy) is 1. The van der Waals surface area contributed by atoms with Gasteiger partial charge in [-0.05, 0) is 37.0 Å². The highest BCUT2D eigenvalue weighted by molar-refractivity contribution is 9.25. The summed E-state index contributed by atoms with van der Waals surface area (Å²) in [4.78, 5) is 10.9. The van der Waals surface area contributed by atoms with Crippen LogP contribution < -0.4 is 5.32 Å². The highest BCUT2D eigenvalue weighted by atomic mass is 79.9. The number of alkyl carbamates (subject to hydrolysis) is 1. The summed E-state index contributed by atoms with van der Waals surface area (Å²) < 4.78 is 4.73. The SMILES string of the molecule is COC(=O)NCC[C@@H]1CC[C@H]2[C@@H]1C2(Br)Br. The van der Waals surface area contributed by atoms with Gasteiger partial charge in [0.15, 0.2) is 0 Å². The van der Waals surface area contributed by atoms with Crippen molar-refractivity contribution < 1.29 is 9.53 Å². The molecule has 0 spiro atoms. The number of amides is 1. The normalized spacial score (nSPS) is 35.8. The van der Waals surface area contributed by atoms with E-state index < -0.39 is 0 Å². The van der Waals surface area contributed by atoms with Crippen molar-refractivity contribution in [2.45, 2.75) is 22.5 Å². The number of carbonyl (C=O) groups is 1. The second-order valence-electron chi connectivity index (χ2n) is 4.35. The first-order valence-electron chi connectivity index (χ1n) is 5.27. The lowest BCUT2D eigenvalue weighted by molar-refractivity contribution is 0.170. The number of rotatable bonds is 3. The van der Waals surface area contributed by atoms with E-state index in [1.54, 1.807) is 0 Å². The van der Waals surface area contributed by atoms with Crippen LogP contribution in [0.4, 0.5) is 4.79 Å². The van der Waals surface area contributed by atoms with Gasteiger partial charge in [0.2, 0.25) is 0 Å². The number of hydrogen-bond donors (Lipinski definition) is 1. The average Bonchev–Trinajstić information content (AvgIpc) is 2.61. The van der Waals surface area contributed by atoms with E-state index in [1.165, 1.54) is 20.0 Å². The van der Waals surface area contributed by atoms with Crippen LogP contribution in [0.25, 0.3) is 0 Å². The molecule has 2 aliphatic rings. The Morgan fingerprint density at radius 2 is 2.27 bits per heavy atom. The van der Waals surface area contributed by atoms with E-state index in [1.807, 2.05) is 0 Å². The zero-order chi connectivity index (χ0) is 11.1. The average molecular weight is 341 g/mol. The summed E-state index contributed by atoms with van der Waals surface area (Å²) in [5, 5.41) is 2.73. The van der Waals surface area contributed by atoms with Gasteiger partial charge in [0.1, 0.15) is 0 Å². The molecular formula is C10H15Br2NO2. The van der Waals surface area contributed by atoms with Crippen molar-refractivity contribution in [3.8, 4) is 0 Å². The second kappa shape index (κ2) is 4.24. The fraction of sp³-hybridized carbons (Fsp3) is 0.900. The maximum Gasteiger partial charge on any atom is 0.406 e. The fourth-order valence-electron chi connectivity index (χ4n) is 2.76. The number of methoxy groups -OCH3 is 1. The molecule has 0 aromatic rings. The van der Waals surface area contributed by atoms with Gasteiger partial charge in [0, 0.05) is 6.54 Å². The minimum absolute atomic E-state index is 0.203. The standard InChI is InChI=1S/C10H15Br2NO2/c1-15-9(14)13-5-4-6-2-3-7-8(6)10(7,11)12/h6-8H,2-5H2,1H3,(H,13,14)/t6-,7-,8+/m0/s1. The highest BCUT2D eigenvalue weighted by Gasteiger charge is 2.66. The summed E-state index contributed by atoms with van der Waals surface area (Å²) in [5.74, 6) is 2.27. The topological polar surface area (TPSA) is 38.3 Å². The third kappa shape index (κ3) is 2.18. The van der Waals surface area contributed by atoms with E-state index in [0.29, 0.717) is 0 Å². The van der Waals surface area contributed by atoms with E-state index in [9.17, 15) is 4.79 Å². The minimum Gasteiger partial charge on any atom is -0.453 e. The number of nitrogens with one attached hydrogen (secondary N) is 1. The van der Waals surface area contributed by atoms with E-state index >= 15 is 0 Å². The fourth-order valence-corrected chi connectivity index (χ4v) is 4.91. The van der Waals surface area contributed by atoms with Crippen LogP contribution in [0.2, 0.25) is 0 Å². The molecule has 0 heterocycles. The zero-order valence-corrected chi connectivity index (χ0v) is 11.8. The van der Waals surface area contributed by atoms with Crippen LogP contribution in [-0.4, -0.2) is 23.0 Å². The van der Waals surface area contributed by atoms with Gasteiger partial charge in [-0.3, -0.25) is 0 Å². The molecule has 15 heavy (non-hydrogen) atoms. The lowest BCUT2D eigenvalue weighted by Crippen LogP contribution is -2.26. The molecule has 86 valence electrons. The van der Waals surface area contributed by atoms with Crippen molar-refractivity contribution in [3.63, 3.8) is 0 Å². The van der Waals surface area contributed by atoms with Gasteiger partial charge in [0.05, 0.1) is 10.3 Å². The van der Waals surface area contributed by atoms with Crippen molar-refractivity contribution in [2.24, 2.45) is 17.8 Å². The summed E-state index contributed by atoms with van der Waals surface area (Å²) in [6.45, 7) is 0.719. The molecule has 1 amide bonds. The van der Waals surface area contributed by atoms with Gasteiger partial charge in [-0.2, -0.15) is 0 Å². The van der Waals surface area contributed by atoms with Gasteiger partial charge in [-0.25, -0.2) is 4.79 Å². The first-order valence-corrected chi connectivity index (χ1v) is 6.85. The number of hydrogen-bond acceptors (Lipinski definition) is 2. The molecule has 3 atom stereocenters. The summed E-state index contributed by atoms with van der Waals surface area (Å²) in [7, 11) is 1.39. The van der Waals surface area contributed by atoms with Crippen LogP contribution in [0.5, 0.6) is 0 Å². The Labute approximate surface area is 107 Å². The molecule has 0 aromatic heterocycles. The van der Waals surface area contributed by atoms with E-state index in [4.69, 9.17) is 0 Å². The van der Waals surface area contributed by atoms with Gasteiger partial charge >= 0.3 is 6.09 Å². The molecule has 2 fully saturated rings. The molecule has 2 aliphatic carbocycles. The quantitative estimate of drug-likeness (QED) is 0.802. The van der Waals surface area contributed by atoms with Crippen molar-refractivity contribution in [1.29, 1.82) is 0 Å². The van der Waals surface area contributed by atoms with Crippen LogP contribution >= 0.6 is 31.9 Å². The molecule has 0 radical (unpaired) electrons. The van der Waals surface area contributed by atoms with E-state index in [2.05, 4.69) is 41.9 Å². The first-order chi connectivity index (χ1) is 7.07. The monoisotopic (exact) mass is 339 g/mol. The molecule has 2 rings (SSSR count). The number of halogens is 2. The first kappa shape index (κ1) is 11.7. The molecule has 3 nitrogen and oxygen atoms in total. The molecule has 0 unspecified atom stereocenters. The third-order valence-electron chi connectivity index (χ3n) is 3.59. The molecular weight excluding hydrogens is 326 g/mol. The van der Waals surface area contributed by atoms with Crippen molar-refractivity contribution in [3.05, 3.63) is 0 Å². The Kier molecular flexibility index (Phi) is 3.31. The summed E-state index contributed by atoms with van der Waals surface area (Å²) >= 11 is 7.42. The molecule has 1 N–H and O–H groups in total. The van der Waals surface area contributed by atoms with Crippen molar-refractivity contribution in [2.75, 3.05) is 13.7 Å². The zero-order valence-electron chi connectivity index (χ0n) is 8.63. The summed E-state index contributed by atoms with van der Waals surface area (Å²) in [5.41, 5.74) is 0. The predicted molar refractivity (Wildman–Crippen MR) is 65.3 cm³/mol. The van der Waals surface area contributed by atoms with E-state index in [-0.39, 0.29) is 9.33 Å². The van der Waals surface area contributed by atoms with Crippen molar-refractivity contribution in [1.82, 2.24) is 5.32 Å². The predicted octanol–water partition coefficient (Wildman–Crippen LogP) is 2.87. The minimum atomic E-state index is -0.329. The van der Waals surface area contributed by atoms with Crippen LogP contribution in [0.1, 0.15) is 19.3 Å². The number of fused-ring (bicyclic) bond motifs is 1. The van der Waals surface area contributed by atoms with Gasteiger partial charge in [0.25, 0.3) is 0 Å².